The Morgan fingerprint density at radius 2 is 2.32 bits per heavy atom. The highest BCUT2D eigenvalue weighted by molar-refractivity contribution is 5.16. The van der Waals surface area contributed by atoms with E-state index in [9.17, 15) is 4.39 Å². The van der Waals surface area contributed by atoms with Gasteiger partial charge in [0.1, 0.15) is 18.2 Å². The third kappa shape index (κ3) is 2.83. The number of aromatic nitrogens is 2. The van der Waals surface area contributed by atoms with Crippen LogP contribution in [0.25, 0.3) is 0 Å². The third-order valence-electron chi connectivity index (χ3n) is 3.30. The molecule has 5 heteroatoms. The second kappa shape index (κ2) is 5.50. The van der Waals surface area contributed by atoms with Crippen LogP contribution < -0.4 is 5.32 Å². The van der Waals surface area contributed by atoms with Gasteiger partial charge in [-0.05, 0) is 6.07 Å². The van der Waals surface area contributed by atoms with Gasteiger partial charge in [-0.15, -0.1) is 0 Å². The van der Waals surface area contributed by atoms with Crippen molar-refractivity contribution in [3.63, 3.8) is 0 Å². The number of hydrogen-bond acceptors (Lipinski definition) is 3. The third-order valence-corrected chi connectivity index (χ3v) is 3.30. The van der Waals surface area contributed by atoms with Crippen LogP contribution in [0.4, 0.5) is 4.39 Å². The maximum absolute atomic E-state index is 13.4. The molecular weight excluding hydrogens is 245 g/mol. The number of ether oxygens (including phenoxy) is 1. The molecule has 4 nitrogen and oxygen atoms in total. The molecule has 1 N–H and O–H groups in total. The van der Waals surface area contributed by atoms with Gasteiger partial charge in [-0.25, -0.2) is 9.37 Å². The van der Waals surface area contributed by atoms with Gasteiger partial charge < -0.3 is 14.6 Å². The largest absolute Gasteiger partial charge is 0.367 e. The van der Waals surface area contributed by atoms with Crippen LogP contribution in [0.2, 0.25) is 0 Å². The van der Waals surface area contributed by atoms with Gasteiger partial charge in [0.15, 0.2) is 0 Å². The molecule has 0 bridgehead atoms. The van der Waals surface area contributed by atoms with Crippen LogP contribution in [0.3, 0.4) is 0 Å². The number of halogens is 1. The average molecular weight is 261 g/mol. The Morgan fingerprint density at radius 1 is 1.42 bits per heavy atom. The Bertz CT molecular complexity index is 555. The summed E-state index contributed by atoms with van der Waals surface area (Å²) in [5.74, 6) is 0.793. The lowest BCUT2D eigenvalue weighted by Gasteiger charge is -2.24. The molecule has 0 saturated carbocycles. The van der Waals surface area contributed by atoms with Crippen molar-refractivity contribution in [2.45, 2.75) is 25.8 Å². The number of nitrogens with zero attached hydrogens (tertiary/aromatic N) is 2. The van der Waals surface area contributed by atoms with Gasteiger partial charge in [-0.1, -0.05) is 18.2 Å². The second-order valence-electron chi connectivity index (χ2n) is 4.65. The van der Waals surface area contributed by atoms with Crippen molar-refractivity contribution in [3.8, 4) is 0 Å². The fourth-order valence-corrected chi connectivity index (χ4v) is 2.24. The molecule has 1 aromatic carbocycles. The van der Waals surface area contributed by atoms with E-state index in [1.807, 2.05) is 12.3 Å². The van der Waals surface area contributed by atoms with Gasteiger partial charge >= 0.3 is 0 Å². The molecule has 0 saturated heterocycles. The van der Waals surface area contributed by atoms with Crippen molar-refractivity contribution in [1.29, 1.82) is 0 Å². The van der Waals surface area contributed by atoms with E-state index in [4.69, 9.17) is 4.74 Å². The highest BCUT2D eigenvalue weighted by atomic mass is 19.1. The second-order valence-corrected chi connectivity index (χ2v) is 4.65. The minimum absolute atomic E-state index is 0.105. The first-order valence-electron chi connectivity index (χ1n) is 6.38. The summed E-state index contributed by atoms with van der Waals surface area (Å²) in [4.78, 5) is 4.20. The Hall–Kier alpha value is -1.72. The van der Waals surface area contributed by atoms with Crippen LogP contribution in [-0.2, 0) is 24.4 Å². The molecule has 0 spiro atoms. The molecule has 0 amide bonds. The fraction of sp³-hybridized carbons (Fsp3) is 0.357. The minimum atomic E-state index is -0.170. The lowest BCUT2D eigenvalue weighted by molar-refractivity contribution is 0.00274. The van der Waals surface area contributed by atoms with Crippen molar-refractivity contribution >= 4 is 0 Å². The molecule has 3 rings (SSSR count). The predicted octanol–water partition coefficient (Wildman–Crippen LogP) is 1.71. The van der Waals surface area contributed by atoms with Crippen LogP contribution >= 0.6 is 0 Å². The lowest BCUT2D eigenvalue weighted by atomic mass is 10.2. The van der Waals surface area contributed by atoms with Crippen molar-refractivity contribution in [3.05, 3.63) is 53.9 Å². The maximum atomic E-state index is 13.4. The number of hydrogen-bond donors (Lipinski definition) is 1. The van der Waals surface area contributed by atoms with E-state index in [0.29, 0.717) is 25.3 Å². The van der Waals surface area contributed by atoms with Crippen LogP contribution in [0.1, 0.15) is 11.4 Å². The van der Waals surface area contributed by atoms with Crippen LogP contribution in [0.15, 0.2) is 36.7 Å². The van der Waals surface area contributed by atoms with E-state index in [1.165, 1.54) is 6.07 Å². The minimum Gasteiger partial charge on any atom is -0.367 e. The molecule has 0 radical (unpaired) electrons. The molecule has 1 aliphatic heterocycles. The summed E-state index contributed by atoms with van der Waals surface area (Å²) in [7, 11) is 0. The highest BCUT2D eigenvalue weighted by Crippen LogP contribution is 2.12. The topological polar surface area (TPSA) is 39.1 Å². The quantitative estimate of drug-likeness (QED) is 0.910. The van der Waals surface area contributed by atoms with Gasteiger partial charge in [-0.2, -0.15) is 0 Å². The first-order chi connectivity index (χ1) is 9.33. The molecule has 1 atom stereocenters. The molecule has 1 aliphatic rings. The van der Waals surface area contributed by atoms with Crippen LogP contribution in [0.5, 0.6) is 0 Å². The molecule has 1 aromatic heterocycles. The summed E-state index contributed by atoms with van der Waals surface area (Å²) in [6, 6.07) is 6.81. The summed E-state index contributed by atoms with van der Waals surface area (Å²) in [6.45, 7) is 2.55. The van der Waals surface area contributed by atoms with Gasteiger partial charge in [0, 0.05) is 31.0 Å². The zero-order valence-electron chi connectivity index (χ0n) is 10.6. The van der Waals surface area contributed by atoms with Gasteiger partial charge in [0.05, 0.1) is 12.6 Å². The van der Waals surface area contributed by atoms with E-state index < -0.39 is 0 Å². The van der Waals surface area contributed by atoms with Gasteiger partial charge in [-0.3, -0.25) is 0 Å². The molecular formula is C14H16FN3O. The van der Waals surface area contributed by atoms with Crippen LogP contribution in [-0.4, -0.2) is 22.2 Å². The Morgan fingerprint density at radius 3 is 3.21 bits per heavy atom. The summed E-state index contributed by atoms with van der Waals surface area (Å²) in [6.07, 6.45) is 3.85. The van der Waals surface area contributed by atoms with Crippen molar-refractivity contribution < 1.29 is 9.13 Å². The van der Waals surface area contributed by atoms with Crippen molar-refractivity contribution in [1.82, 2.24) is 14.9 Å². The first-order valence-corrected chi connectivity index (χ1v) is 6.38. The van der Waals surface area contributed by atoms with E-state index in [0.717, 1.165) is 12.4 Å². The monoisotopic (exact) mass is 261 g/mol. The van der Waals surface area contributed by atoms with E-state index >= 15 is 0 Å². The van der Waals surface area contributed by atoms with Gasteiger partial charge in [0.2, 0.25) is 0 Å². The lowest BCUT2D eigenvalue weighted by Crippen LogP contribution is -2.36. The standard InChI is InChI=1S/C14H16FN3O/c15-13-4-2-1-3-11(13)7-16-8-12-9-18-6-5-17-14(18)10-19-12/h1-6,12,16H,7-10H2/t12-/m0/s1. The number of imidazole rings is 1. The molecule has 19 heavy (non-hydrogen) atoms. The zero-order chi connectivity index (χ0) is 13.1. The van der Waals surface area contributed by atoms with Crippen LogP contribution in [0, 0.1) is 5.82 Å². The average Bonchev–Trinajstić information content (AvgIpc) is 2.88. The summed E-state index contributed by atoms with van der Waals surface area (Å²) < 4.78 is 21.2. The molecule has 2 aromatic rings. The molecule has 2 heterocycles. The number of fused-ring (bicyclic) bond motifs is 1. The summed E-state index contributed by atoms with van der Waals surface area (Å²) >= 11 is 0. The summed E-state index contributed by atoms with van der Waals surface area (Å²) in [5, 5.41) is 3.24. The maximum Gasteiger partial charge on any atom is 0.134 e. The molecule has 0 aliphatic carbocycles. The number of nitrogens with one attached hydrogen (secondary N) is 1. The van der Waals surface area contributed by atoms with Crippen molar-refractivity contribution in [2.24, 2.45) is 0 Å². The predicted molar refractivity (Wildman–Crippen MR) is 68.9 cm³/mol. The number of rotatable bonds is 4. The highest BCUT2D eigenvalue weighted by Gasteiger charge is 2.18. The van der Waals surface area contributed by atoms with Gasteiger partial charge in [0.25, 0.3) is 0 Å². The van der Waals surface area contributed by atoms with E-state index in [1.54, 1.807) is 18.3 Å². The Labute approximate surface area is 111 Å². The van der Waals surface area contributed by atoms with E-state index in [2.05, 4.69) is 14.9 Å². The number of benzene rings is 1. The zero-order valence-corrected chi connectivity index (χ0v) is 10.6. The smallest absolute Gasteiger partial charge is 0.134 e. The summed E-state index contributed by atoms with van der Waals surface area (Å²) in [5.41, 5.74) is 0.682. The molecule has 100 valence electrons. The molecule has 0 fully saturated rings. The molecule has 0 unspecified atom stereocenters. The normalized spacial score (nSPS) is 18.3. The fourth-order valence-electron chi connectivity index (χ4n) is 2.24. The Balaban J connectivity index is 1.50. The SMILES string of the molecule is Fc1ccccc1CNC[C@H]1Cn2ccnc2CO1. The first kappa shape index (κ1) is 12.3. The van der Waals surface area contributed by atoms with E-state index in [-0.39, 0.29) is 11.9 Å². The Kier molecular flexibility index (Phi) is 3.57. The van der Waals surface area contributed by atoms with Crippen molar-refractivity contribution in [2.75, 3.05) is 6.54 Å².